The summed E-state index contributed by atoms with van der Waals surface area (Å²) in [6.45, 7) is 3.81. The molecule has 0 aliphatic rings. The van der Waals surface area contributed by atoms with E-state index in [1.54, 1.807) is 12.1 Å². The first-order chi connectivity index (χ1) is 6.57. The number of halogens is 1. The quantitative estimate of drug-likeness (QED) is 0.680. The van der Waals surface area contributed by atoms with E-state index in [9.17, 15) is 9.18 Å². The highest BCUT2D eigenvalue weighted by Crippen LogP contribution is 2.22. The molecule has 0 radical (unpaired) electrons. The van der Waals surface area contributed by atoms with Gasteiger partial charge in [0.15, 0.2) is 0 Å². The smallest absolute Gasteiger partial charge is 0.341 e. The highest BCUT2D eigenvalue weighted by molar-refractivity contribution is 5.91. The van der Waals surface area contributed by atoms with E-state index in [0.717, 1.165) is 0 Å². The zero-order valence-electron chi connectivity index (χ0n) is 8.50. The van der Waals surface area contributed by atoms with Gasteiger partial charge in [0.2, 0.25) is 0 Å². The van der Waals surface area contributed by atoms with Crippen LogP contribution < -0.4 is 0 Å². The Morgan fingerprint density at radius 3 is 2.57 bits per heavy atom. The molecular formula is C11H13FO2. The summed E-state index contributed by atoms with van der Waals surface area (Å²) >= 11 is 0. The zero-order chi connectivity index (χ0) is 10.7. The summed E-state index contributed by atoms with van der Waals surface area (Å²) in [5.74, 6) is -1.05. The molecule has 1 rings (SSSR count). The molecule has 0 unspecified atom stereocenters. The third kappa shape index (κ3) is 1.92. The van der Waals surface area contributed by atoms with Crippen LogP contribution in [0.4, 0.5) is 4.39 Å². The number of ether oxygens (including phenoxy) is 1. The van der Waals surface area contributed by atoms with Gasteiger partial charge in [-0.25, -0.2) is 9.18 Å². The second-order valence-electron chi connectivity index (χ2n) is 3.35. The van der Waals surface area contributed by atoms with Crippen LogP contribution in [0.2, 0.25) is 0 Å². The Balaban J connectivity index is 3.29. The van der Waals surface area contributed by atoms with Crippen LogP contribution in [0.15, 0.2) is 18.2 Å². The van der Waals surface area contributed by atoms with Gasteiger partial charge in [-0.15, -0.1) is 0 Å². The fraction of sp³-hybridized carbons (Fsp3) is 0.364. The van der Waals surface area contributed by atoms with E-state index >= 15 is 0 Å². The van der Waals surface area contributed by atoms with Crippen LogP contribution in [-0.4, -0.2) is 13.1 Å². The molecule has 0 amide bonds. The number of benzene rings is 1. The molecule has 0 spiro atoms. The van der Waals surface area contributed by atoms with E-state index in [2.05, 4.69) is 4.74 Å². The lowest BCUT2D eigenvalue weighted by atomic mass is 9.97. The van der Waals surface area contributed by atoms with Crippen molar-refractivity contribution in [3.05, 3.63) is 35.1 Å². The number of carbonyl (C=O) groups is 1. The molecule has 0 saturated carbocycles. The van der Waals surface area contributed by atoms with Crippen LogP contribution >= 0.6 is 0 Å². The predicted octanol–water partition coefficient (Wildman–Crippen LogP) is 2.74. The molecular weight excluding hydrogens is 183 g/mol. The van der Waals surface area contributed by atoms with Gasteiger partial charge < -0.3 is 4.74 Å². The Kier molecular flexibility index (Phi) is 3.23. The lowest BCUT2D eigenvalue weighted by molar-refractivity contribution is 0.0593. The minimum Gasteiger partial charge on any atom is -0.465 e. The van der Waals surface area contributed by atoms with Crippen molar-refractivity contribution in [3.8, 4) is 0 Å². The van der Waals surface area contributed by atoms with Crippen LogP contribution in [0, 0.1) is 5.82 Å². The minimum absolute atomic E-state index is 0.0463. The van der Waals surface area contributed by atoms with E-state index in [0.29, 0.717) is 5.56 Å². The van der Waals surface area contributed by atoms with Gasteiger partial charge in [0.25, 0.3) is 0 Å². The van der Waals surface area contributed by atoms with E-state index in [1.165, 1.54) is 13.2 Å². The number of hydrogen-bond acceptors (Lipinski definition) is 2. The maximum atomic E-state index is 13.3. The van der Waals surface area contributed by atoms with Crippen LogP contribution in [-0.2, 0) is 4.74 Å². The standard InChI is InChI=1S/C11H13FO2/c1-7(2)8-5-4-6-9(12)10(8)11(13)14-3/h4-7H,1-3H3. The number of rotatable bonds is 2. The van der Waals surface area contributed by atoms with E-state index in [4.69, 9.17) is 0 Å². The van der Waals surface area contributed by atoms with Crippen LogP contribution in [0.5, 0.6) is 0 Å². The van der Waals surface area contributed by atoms with Crippen molar-refractivity contribution in [1.82, 2.24) is 0 Å². The summed E-state index contributed by atoms with van der Waals surface area (Å²) in [5, 5.41) is 0. The molecule has 76 valence electrons. The van der Waals surface area contributed by atoms with Crippen molar-refractivity contribution < 1.29 is 13.9 Å². The van der Waals surface area contributed by atoms with Gasteiger partial charge in [-0.2, -0.15) is 0 Å². The summed E-state index contributed by atoms with van der Waals surface area (Å²) in [5.41, 5.74) is 0.724. The molecule has 14 heavy (non-hydrogen) atoms. The zero-order valence-corrected chi connectivity index (χ0v) is 8.50. The summed E-state index contributed by atoms with van der Waals surface area (Å²) in [4.78, 5) is 11.3. The Bertz CT molecular complexity index is 345. The first-order valence-corrected chi connectivity index (χ1v) is 4.44. The largest absolute Gasteiger partial charge is 0.465 e. The summed E-state index contributed by atoms with van der Waals surface area (Å²) in [6.07, 6.45) is 0. The molecule has 1 aromatic carbocycles. The highest BCUT2D eigenvalue weighted by atomic mass is 19.1. The predicted molar refractivity (Wildman–Crippen MR) is 51.8 cm³/mol. The highest BCUT2D eigenvalue weighted by Gasteiger charge is 2.18. The summed E-state index contributed by atoms with van der Waals surface area (Å²) < 4.78 is 17.9. The lowest BCUT2D eigenvalue weighted by Crippen LogP contribution is -2.09. The van der Waals surface area contributed by atoms with Gasteiger partial charge in [0.05, 0.1) is 12.7 Å². The molecule has 0 aliphatic heterocycles. The maximum Gasteiger partial charge on any atom is 0.341 e. The van der Waals surface area contributed by atoms with Crippen molar-refractivity contribution in [1.29, 1.82) is 0 Å². The van der Waals surface area contributed by atoms with Gasteiger partial charge >= 0.3 is 5.97 Å². The molecule has 0 saturated heterocycles. The fourth-order valence-electron chi connectivity index (χ4n) is 1.34. The van der Waals surface area contributed by atoms with E-state index in [-0.39, 0.29) is 11.5 Å². The Labute approximate surface area is 82.7 Å². The Morgan fingerprint density at radius 2 is 2.07 bits per heavy atom. The van der Waals surface area contributed by atoms with Gasteiger partial charge in [0.1, 0.15) is 5.82 Å². The molecule has 0 bridgehead atoms. The SMILES string of the molecule is COC(=O)c1c(F)cccc1C(C)C. The third-order valence-corrected chi connectivity index (χ3v) is 2.06. The first kappa shape index (κ1) is 10.7. The van der Waals surface area contributed by atoms with Crippen LogP contribution in [0.25, 0.3) is 0 Å². The Morgan fingerprint density at radius 1 is 1.43 bits per heavy atom. The van der Waals surface area contributed by atoms with Crippen molar-refractivity contribution in [3.63, 3.8) is 0 Å². The average Bonchev–Trinajstić information content (AvgIpc) is 2.16. The van der Waals surface area contributed by atoms with Gasteiger partial charge in [-0.05, 0) is 17.5 Å². The Hall–Kier alpha value is -1.38. The number of methoxy groups -OCH3 is 1. The van der Waals surface area contributed by atoms with Crippen molar-refractivity contribution in [2.75, 3.05) is 7.11 Å². The fourth-order valence-corrected chi connectivity index (χ4v) is 1.34. The van der Waals surface area contributed by atoms with Crippen molar-refractivity contribution >= 4 is 5.97 Å². The molecule has 0 aromatic heterocycles. The molecule has 0 heterocycles. The van der Waals surface area contributed by atoms with Crippen LogP contribution in [0.3, 0.4) is 0 Å². The van der Waals surface area contributed by atoms with Crippen molar-refractivity contribution in [2.45, 2.75) is 19.8 Å². The van der Waals surface area contributed by atoms with Crippen molar-refractivity contribution in [2.24, 2.45) is 0 Å². The minimum atomic E-state index is -0.619. The second-order valence-corrected chi connectivity index (χ2v) is 3.35. The monoisotopic (exact) mass is 196 g/mol. The molecule has 3 heteroatoms. The number of hydrogen-bond donors (Lipinski definition) is 0. The normalized spacial score (nSPS) is 10.4. The van der Waals surface area contributed by atoms with E-state index in [1.807, 2.05) is 13.8 Å². The maximum absolute atomic E-state index is 13.3. The first-order valence-electron chi connectivity index (χ1n) is 4.44. The molecule has 2 nitrogen and oxygen atoms in total. The third-order valence-electron chi connectivity index (χ3n) is 2.06. The van der Waals surface area contributed by atoms with Gasteiger partial charge in [0, 0.05) is 0 Å². The average molecular weight is 196 g/mol. The lowest BCUT2D eigenvalue weighted by Gasteiger charge is -2.11. The number of esters is 1. The van der Waals surface area contributed by atoms with Crippen LogP contribution in [0.1, 0.15) is 35.7 Å². The molecule has 0 N–H and O–H groups in total. The summed E-state index contributed by atoms with van der Waals surface area (Å²) in [6, 6.07) is 4.59. The molecule has 0 aliphatic carbocycles. The number of carbonyl (C=O) groups excluding carboxylic acids is 1. The molecule has 0 atom stereocenters. The van der Waals surface area contributed by atoms with E-state index < -0.39 is 11.8 Å². The van der Waals surface area contributed by atoms with Gasteiger partial charge in [-0.3, -0.25) is 0 Å². The molecule has 0 fully saturated rings. The molecule has 1 aromatic rings. The second kappa shape index (κ2) is 4.22. The van der Waals surface area contributed by atoms with Gasteiger partial charge in [-0.1, -0.05) is 26.0 Å². The summed E-state index contributed by atoms with van der Waals surface area (Å²) in [7, 11) is 1.25. The topological polar surface area (TPSA) is 26.3 Å².